The van der Waals surface area contributed by atoms with Crippen LogP contribution in [0, 0.1) is 13.8 Å². The maximum atomic E-state index is 12.3. The molecule has 0 spiro atoms. The Balaban J connectivity index is 1.56. The van der Waals surface area contributed by atoms with E-state index in [1.54, 1.807) is 6.07 Å². The lowest BCUT2D eigenvalue weighted by Crippen LogP contribution is -2.53. The molecule has 1 saturated heterocycles. The lowest BCUT2D eigenvalue weighted by atomic mass is 10.0. The molecule has 0 saturated carbocycles. The molecular formula is C18H26N4O4. The molecule has 1 amide bonds. The van der Waals surface area contributed by atoms with E-state index < -0.39 is 6.10 Å². The first-order valence-corrected chi connectivity index (χ1v) is 8.94. The third kappa shape index (κ3) is 3.96. The second-order valence-corrected chi connectivity index (χ2v) is 7.24. The Kier molecular flexibility index (Phi) is 5.43. The zero-order valence-electron chi connectivity index (χ0n) is 15.7. The van der Waals surface area contributed by atoms with Gasteiger partial charge < -0.3 is 19.5 Å². The SMILES string of the molecule is Cc1noc(C)c1CN1CC[C@@H](NC(=O)c2cc(C(C)C)on2)[C@H](O)C1. The summed E-state index contributed by atoms with van der Waals surface area (Å²) in [4.78, 5) is 14.5. The average molecular weight is 362 g/mol. The van der Waals surface area contributed by atoms with Crippen LogP contribution in [0.15, 0.2) is 15.1 Å². The van der Waals surface area contributed by atoms with Gasteiger partial charge in [-0.1, -0.05) is 24.2 Å². The van der Waals surface area contributed by atoms with Crippen molar-refractivity contribution in [3.05, 3.63) is 34.5 Å². The van der Waals surface area contributed by atoms with Crippen molar-refractivity contribution < 1.29 is 18.9 Å². The maximum Gasteiger partial charge on any atom is 0.273 e. The molecule has 26 heavy (non-hydrogen) atoms. The number of rotatable bonds is 5. The molecule has 2 N–H and O–H groups in total. The number of aliphatic hydroxyl groups excluding tert-OH is 1. The number of nitrogens with one attached hydrogen (secondary N) is 1. The molecule has 2 aromatic rings. The number of aryl methyl sites for hydroxylation is 2. The van der Waals surface area contributed by atoms with Crippen LogP contribution in [-0.2, 0) is 6.54 Å². The van der Waals surface area contributed by atoms with Crippen LogP contribution in [0.3, 0.4) is 0 Å². The zero-order valence-corrected chi connectivity index (χ0v) is 15.7. The normalized spacial score (nSPS) is 21.3. The summed E-state index contributed by atoms with van der Waals surface area (Å²) in [6.45, 7) is 9.68. The van der Waals surface area contributed by atoms with Crippen LogP contribution in [0.5, 0.6) is 0 Å². The molecule has 0 bridgehead atoms. The number of amides is 1. The van der Waals surface area contributed by atoms with Gasteiger partial charge in [-0.2, -0.15) is 0 Å². The molecule has 3 rings (SSSR count). The highest BCUT2D eigenvalue weighted by atomic mass is 16.5. The van der Waals surface area contributed by atoms with E-state index >= 15 is 0 Å². The number of aromatic nitrogens is 2. The largest absolute Gasteiger partial charge is 0.390 e. The molecule has 8 heteroatoms. The number of piperidine rings is 1. The van der Waals surface area contributed by atoms with Gasteiger partial charge in [-0.05, 0) is 20.3 Å². The monoisotopic (exact) mass is 362 g/mol. The van der Waals surface area contributed by atoms with Gasteiger partial charge in [-0.3, -0.25) is 9.69 Å². The fraction of sp³-hybridized carbons (Fsp3) is 0.611. The first-order chi connectivity index (χ1) is 12.3. The topological polar surface area (TPSA) is 105 Å². The van der Waals surface area contributed by atoms with Gasteiger partial charge in [0.2, 0.25) is 0 Å². The van der Waals surface area contributed by atoms with Gasteiger partial charge in [0.05, 0.1) is 17.8 Å². The minimum absolute atomic E-state index is 0.169. The van der Waals surface area contributed by atoms with Crippen molar-refractivity contribution in [1.82, 2.24) is 20.5 Å². The highest BCUT2D eigenvalue weighted by molar-refractivity contribution is 5.92. The molecule has 0 unspecified atom stereocenters. The van der Waals surface area contributed by atoms with Gasteiger partial charge in [-0.15, -0.1) is 0 Å². The van der Waals surface area contributed by atoms with Gasteiger partial charge in [0.25, 0.3) is 5.91 Å². The van der Waals surface area contributed by atoms with E-state index in [9.17, 15) is 9.90 Å². The standard InChI is InChI=1S/C18H26N4O4/c1-10(2)17-7-15(21-26-17)18(24)19-14-5-6-22(9-16(14)23)8-13-11(3)20-25-12(13)4/h7,10,14,16,23H,5-6,8-9H2,1-4H3,(H,19,24)/t14-,16-/m1/s1. The summed E-state index contributed by atoms with van der Waals surface area (Å²) < 4.78 is 10.4. The molecule has 1 aliphatic rings. The Labute approximate surface area is 152 Å². The summed E-state index contributed by atoms with van der Waals surface area (Å²) in [7, 11) is 0. The van der Waals surface area contributed by atoms with Crippen molar-refractivity contribution in [2.24, 2.45) is 0 Å². The van der Waals surface area contributed by atoms with E-state index in [1.807, 2.05) is 27.7 Å². The Morgan fingerprint density at radius 2 is 2.15 bits per heavy atom. The molecule has 142 valence electrons. The van der Waals surface area contributed by atoms with Crippen LogP contribution in [0.4, 0.5) is 0 Å². The molecule has 3 heterocycles. The summed E-state index contributed by atoms with van der Waals surface area (Å²) in [5.74, 6) is 1.33. The van der Waals surface area contributed by atoms with Gasteiger partial charge in [0.1, 0.15) is 11.5 Å². The van der Waals surface area contributed by atoms with Crippen LogP contribution in [0.25, 0.3) is 0 Å². The molecule has 2 atom stereocenters. The number of nitrogens with zero attached hydrogens (tertiary/aromatic N) is 3. The van der Waals surface area contributed by atoms with E-state index in [4.69, 9.17) is 9.05 Å². The van der Waals surface area contributed by atoms with Crippen LogP contribution < -0.4 is 5.32 Å². The summed E-state index contributed by atoms with van der Waals surface area (Å²) in [6, 6.07) is 1.35. The third-order valence-electron chi connectivity index (χ3n) is 4.88. The molecule has 2 aromatic heterocycles. The molecule has 0 aliphatic carbocycles. The Morgan fingerprint density at radius 3 is 2.73 bits per heavy atom. The summed E-state index contributed by atoms with van der Waals surface area (Å²) >= 11 is 0. The van der Waals surface area contributed by atoms with Crippen molar-refractivity contribution in [3.63, 3.8) is 0 Å². The number of aliphatic hydroxyl groups is 1. The van der Waals surface area contributed by atoms with Gasteiger partial charge in [0.15, 0.2) is 5.69 Å². The number of hydrogen-bond acceptors (Lipinski definition) is 7. The number of likely N-dealkylation sites (tertiary alicyclic amines) is 1. The summed E-state index contributed by atoms with van der Waals surface area (Å²) in [6.07, 6.45) is 0.00943. The van der Waals surface area contributed by atoms with E-state index in [-0.39, 0.29) is 23.6 Å². The first-order valence-electron chi connectivity index (χ1n) is 8.94. The van der Waals surface area contributed by atoms with E-state index in [0.717, 1.165) is 23.6 Å². The minimum atomic E-state index is -0.648. The van der Waals surface area contributed by atoms with Crippen LogP contribution in [0.1, 0.15) is 59.5 Å². The average Bonchev–Trinajstić information content (AvgIpc) is 3.20. The first kappa shape index (κ1) is 18.6. The number of carbonyl (C=O) groups is 1. The maximum absolute atomic E-state index is 12.3. The van der Waals surface area contributed by atoms with Crippen molar-refractivity contribution in [1.29, 1.82) is 0 Å². The highest BCUT2D eigenvalue weighted by Crippen LogP contribution is 2.20. The van der Waals surface area contributed by atoms with E-state index in [2.05, 4.69) is 20.5 Å². The lowest BCUT2D eigenvalue weighted by molar-refractivity contribution is 0.0345. The fourth-order valence-electron chi connectivity index (χ4n) is 3.17. The van der Waals surface area contributed by atoms with Crippen LogP contribution in [-0.4, -0.2) is 51.5 Å². The van der Waals surface area contributed by atoms with Crippen LogP contribution >= 0.6 is 0 Å². The number of hydrogen-bond donors (Lipinski definition) is 2. The second-order valence-electron chi connectivity index (χ2n) is 7.24. The fourth-order valence-corrected chi connectivity index (χ4v) is 3.17. The van der Waals surface area contributed by atoms with Crippen molar-refractivity contribution in [3.8, 4) is 0 Å². The summed E-state index contributed by atoms with van der Waals surface area (Å²) in [5.41, 5.74) is 2.18. The lowest BCUT2D eigenvalue weighted by Gasteiger charge is -2.36. The Bertz CT molecular complexity index is 748. The van der Waals surface area contributed by atoms with Crippen molar-refractivity contribution in [2.45, 2.75) is 58.7 Å². The minimum Gasteiger partial charge on any atom is -0.390 e. The number of β-amino-alcohol motifs (C(OH)–C–C–N with tert-alkyl or cyclic N) is 1. The molecule has 1 aliphatic heterocycles. The quantitative estimate of drug-likeness (QED) is 0.835. The van der Waals surface area contributed by atoms with Gasteiger partial charge in [-0.25, -0.2) is 0 Å². The second kappa shape index (κ2) is 7.59. The molecule has 0 radical (unpaired) electrons. The van der Waals surface area contributed by atoms with Crippen LogP contribution in [0.2, 0.25) is 0 Å². The van der Waals surface area contributed by atoms with Crippen molar-refractivity contribution >= 4 is 5.91 Å². The zero-order chi connectivity index (χ0) is 18.8. The van der Waals surface area contributed by atoms with Gasteiger partial charge >= 0.3 is 0 Å². The highest BCUT2D eigenvalue weighted by Gasteiger charge is 2.30. The van der Waals surface area contributed by atoms with E-state index in [1.165, 1.54) is 0 Å². The number of carbonyl (C=O) groups excluding carboxylic acids is 1. The Morgan fingerprint density at radius 1 is 1.38 bits per heavy atom. The van der Waals surface area contributed by atoms with Crippen molar-refractivity contribution in [2.75, 3.05) is 13.1 Å². The molecular weight excluding hydrogens is 336 g/mol. The predicted octanol–water partition coefficient (Wildman–Crippen LogP) is 1.77. The molecule has 8 nitrogen and oxygen atoms in total. The van der Waals surface area contributed by atoms with Gasteiger partial charge in [0, 0.05) is 37.2 Å². The Hall–Kier alpha value is -2.19. The third-order valence-corrected chi connectivity index (χ3v) is 4.88. The predicted molar refractivity (Wildman–Crippen MR) is 93.7 cm³/mol. The smallest absolute Gasteiger partial charge is 0.273 e. The van der Waals surface area contributed by atoms with E-state index in [0.29, 0.717) is 25.3 Å². The molecule has 1 fully saturated rings. The summed E-state index contributed by atoms with van der Waals surface area (Å²) in [5, 5.41) is 21.1. The molecule has 0 aromatic carbocycles.